The molecule has 1 saturated carbocycles. The number of benzene rings is 2. The van der Waals surface area contributed by atoms with E-state index >= 15 is 0 Å². The van der Waals surface area contributed by atoms with Crippen LogP contribution in [0.1, 0.15) is 24.2 Å². The Hall–Kier alpha value is -4.05. The van der Waals surface area contributed by atoms with Crippen molar-refractivity contribution in [2.24, 2.45) is 0 Å². The molecule has 2 aromatic heterocycles. The van der Waals surface area contributed by atoms with Gasteiger partial charge in [0, 0.05) is 29.2 Å². The number of hydrogen-bond donors (Lipinski definition) is 2. The Labute approximate surface area is 196 Å². The highest BCUT2D eigenvalue weighted by Gasteiger charge is 2.53. The second kappa shape index (κ2) is 8.38. The smallest absolute Gasteiger partial charge is 0.264 e. The predicted octanol–water partition coefficient (Wildman–Crippen LogP) is 3.91. The summed E-state index contributed by atoms with van der Waals surface area (Å²) in [7, 11) is -3.87. The first kappa shape index (κ1) is 21.8. The Morgan fingerprint density at radius 3 is 2.44 bits per heavy atom. The summed E-state index contributed by atoms with van der Waals surface area (Å²) in [6.07, 6.45) is 2.79. The maximum absolute atomic E-state index is 13.1. The van der Waals surface area contributed by atoms with Gasteiger partial charge >= 0.3 is 0 Å². The predicted molar refractivity (Wildman–Crippen MR) is 126 cm³/mol. The van der Waals surface area contributed by atoms with Crippen molar-refractivity contribution >= 4 is 27.6 Å². The van der Waals surface area contributed by atoms with E-state index in [1.54, 1.807) is 19.1 Å². The van der Waals surface area contributed by atoms with Crippen molar-refractivity contribution in [1.82, 2.24) is 15.1 Å². The number of aromatic nitrogens is 3. The fourth-order valence-electron chi connectivity index (χ4n) is 3.61. The van der Waals surface area contributed by atoms with Crippen LogP contribution in [-0.2, 0) is 20.2 Å². The van der Waals surface area contributed by atoms with Crippen LogP contribution in [0.15, 0.2) is 82.3 Å². The van der Waals surface area contributed by atoms with Crippen LogP contribution in [-0.4, -0.2) is 29.4 Å². The van der Waals surface area contributed by atoms with E-state index in [9.17, 15) is 13.2 Å². The molecule has 1 amide bonds. The Kier molecular flexibility index (Phi) is 5.37. The highest BCUT2D eigenvalue weighted by atomic mass is 32.2. The topological polar surface area (TPSA) is 127 Å². The van der Waals surface area contributed by atoms with Crippen LogP contribution >= 0.6 is 0 Å². The molecule has 1 fully saturated rings. The van der Waals surface area contributed by atoms with Crippen molar-refractivity contribution in [2.45, 2.75) is 30.1 Å². The van der Waals surface area contributed by atoms with Crippen molar-refractivity contribution in [3.63, 3.8) is 0 Å². The van der Waals surface area contributed by atoms with Gasteiger partial charge in [0.2, 0.25) is 11.9 Å². The van der Waals surface area contributed by atoms with Gasteiger partial charge in [0.15, 0.2) is 5.76 Å². The summed E-state index contributed by atoms with van der Waals surface area (Å²) in [6.45, 7) is 1.74. The van der Waals surface area contributed by atoms with Gasteiger partial charge in [-0.1, -0.05) is 35.5 Å². The lowest BCUT2D eigenvalue weighted by Crippen LogP contribution is -2.28. The number of aryl methyl sites for hydroxylation is 1. The molecule has 0 spiro atoms. The number of carbonyl (C=O) groups excluding carboxylic acids is 1. The van der Waals surface area contributed by atoms with Gasteiger partial charge < -0.3 is 9.84 Å². The van der Waals surface area contributed by atoms with Crippen molar-refractivity contribution in [3.05, 3.63) is 84.3 Å². The average Bonchev–Trinajstić information content (AvgIpc) is 3.49. The van der Waals surface area contributed by atoms with E-state index in [0.717, 1.165) is 5.56 Å². The summed E-state index contributed by atoms with van der Waals surface area (Å²) in [5, 5.41) is 7.01. The van der Waals surface area contributed by atoms with Crippen LogP contribution in [0.4, 0.5) is 11.6 Å². The van der Waals surface area contributed by atoms with E-state index in [1.807, 2.05) is 30.3 Å². The van der Waals surface area contributed by atoms with E-state index in [-0.39, 0.29) is 16.8 Å². The van der Waals surface area contributed by atoms with E-state index < -0.39 is 15.4 Å². The molecule has 172 valence electrons. The van der Waals surface area contributed by atoms with Gasteiger partial charge in [-0.25, -0.2) is 23.1 Å². The number of nitrogens with zero attached hydrogens (tertiary/aromatic N) is 3. The second-order valence-corrected chi connectivity index (χ2v) is 9.81. The van der Waals surface area contributed by atoms with Crippen molar-refractivity contribution in [1.29, 1.82) is 0 Å². The zero-order valence-corrected chi connectivity index (χ0v) is 19.0. The van der Waals surface area contributed by atoms with Crippen LogP contribution in [0.25, 0.3) is 11.3 Å². The molecule has 0 aliphatic heterocycles. The molecule has 4 aromatic rings. The molecular formula is C24H21N5O4S. The van der Waals surface area contributed by atoms with Gasteiger partial charge in [-0.2, -0.15) is 0 Å². The van der Waals surface area contributed by atoms with Crippen LogP contribution < -0.4 is 10.0 Å². The Morgan fingerprint density at radius 2 is 1.76 bits per heavy atom. The molecule has 2 heterocycles. The van der Waals surface area contributed by atoms with E-state index in [4.69, 9.17) is 4.52 Å². The van der Waals surface area contributed by atoms with Crippen LogP contribution in [0.5, 0.6) is 0 Å². The minimum absolute atomic E-state index is 0.00413. The van der Waals surface area contributed by atoms with Gasteiger partial charge in [-0.05, 0) is 50.1 Å². The number of rotatable bonds is 7. The number of carbonyl (C=O) groups is 1. The molecule has 34 heavy (non-hydrogen) atoms. The third-order valence-corrected chi connectivity index (χ3v) is 7.03. The molecule has 1 aliphatic carbocycles. The normalized spacial score (nSPS) is 14.4. The van der Waals surface area contributed by atoms with E-state index in [1.165, 1.54) is 30.5 Å². The molecule has 2 N–H and O–H groups in total. The Morgan fingerprint density at radius 1 is 1.03 bits per heavy atom. The lowest BCUT2D eigenvalue weighted by atomic mass is 10.00. The van der Waals surface area contributed by atoms with Crippen molar-refractivity contribution in [2.75, 3.05) is 10.0 Å². The lowest BCUT2D eigenvalue weighted by molar-refractivity contribution is -0.118. The first-order chi connectivity index (χ1) is 16.4. The summed E-state index contributed by atoms with van der Waals surface area (Å²) >= 11 is 0. The number of hydrogen-bond acceptors (Lipinski definition) is 7. The molecule has 9 nitrogen and oxygen atoms in total. The highest BCUT2D eigenvalue weighted by Crippen LogP contribution is 2.49. The molecule has 0 radical (unpaired) electrons. The van der Waals surface area contributed by atoms with Crippen LogP contribution in [0.2, 0.25) is 0 Å². The molecular weight excluding hydrogens is 454 g/mol. The van der Waals surface area contributed by atoms with Crippen LogP contribution in [0.3, 0.4) is 0 Å². The van der Waals surface area contributed by atoms with Gasteiger partial charge in [0.05, 0.1) is 16.0 Å². The maximum Gasteiger partial charge on any atom is 0.264 e. The summed E-state index contributed by atoms with van der Waals surface area (Å²) in [4.78, 5) is 21.1. The Balaban J connectivity index is 1.29. The fourth-order valence-corrected chi connectivity index (χ4v) is 4.56. The number of anilines is 2. The molecule has 1 aliphatic rings. The molecule has 5 rings (SSSR count). The molecule has 0 atom stereocenters. The molecule has 2 aromatic carbocycles. The third-order valence-electron chi connectivity index (χ3n) is 5.69. The minimum Gasteiger partial charge on any atom is -0.356 e. The first-order valence-electron chi connectivity index (χ1n) is 10.6. The number of amides is 1. The van der Waals surface area contributed by atoms with Crippen molar-refractivity contribution in [3.8, 4) is 11.3 Å². The van der Waals surface area contributed by atoms with E-state index in [2.05, 4.69) is 25.2 Å². The number of nitrogens with one attached hydrogen (secondary N) is 2. The van der Waals surface area contributed by atoms with Crippen LogP contribution in [0, 0.1) is 6.92 Å². The quantitative estimate of drug-likeness (QED) is 0.415. The monoisotopic (exact) mass is 475 g/mol. The fraction of sp³-hybridized carbons (Fsp3) is 0.167. The van der Waals surface area contributed by atoms with Crippen molar-refractivity contribution < 1.29 is 17.7 Å². The Bertz CT molecular complexity index is 1450. The SMILES string of the molecule is Cc1ccnc(NS(=O)(=O)c2ccc(NC(=O)C3(c4cc(-c5ccccc5)on4)CC3)cc2)n1. The largest absolute Gasteiger partial charge is 0.356 e. The third kappa shape index (κ3) is 4.27. The van der Waals surface area contributed by atoms with Gasteiger partial charge in [-0.3, -0.25) is 4.79 Å². The minimum atomic E-state index is -3.87. The van der Waals surface area contributed by atoms with Gasteiger partial charge in [0.1, 0.15) is 0 Å². The molecule has 0 unspecified atom stereocenters. The molecule has 0 bridgehead atoms. The zero-order chi connectivity index (χ0) is 23.8. The summed E-state index contributed by atoms with van der Waals surface area (Å²) in [5.74, 6) is 0.396. The lowest BCUT2D eigenvalue weighted by Gasteiger charge is -2.13. The van der Waals surface area contributed by atoms with E-state index in [0.29, 0.717) is 35.7 Å². The summed E-state index contributed by atoms with van der Waals surface area (Å²) < 4.78 is 33.1. The van der Waals surface area contributed by atoms with Gasteiger partial charge in [-0.15, -0.1) is 0 Å². The molecule has 0 saturated heterocycles. The second-order valence-electron chi connectivity index (χ2n) is 8.13. The standard InChI is InChI=1S/C24H21N5O4S/c1-16-11-14-25-23(26-16)29-34(31,32)19-9-7-18(8-10-19)27-22(30)24(12-13-24)21-15-20(33-28-21)17-5-3-2-4-6-17/h2-11,14-15H,12-13H2,1H3,(H,27,30)(H,25,26,29). The molecule has 10 heteroatoms. The zero-order valence-electron chi connectivity index (χ0n) is 18.2. The van der Waals surface area contributed by atoms with Gasteiger partial charge in [0.25, 0.3) is 10.0 Å². The number of sulfonamides is 1. The summed E-state index contributed by atoms with van der Waals surface area (Å²) in [5.41, 5.74) is 1.85. The summed E-state index contributed by atoms with van der Waals surface area (Å²) in [6, 6.07) is 18.9. The first-order valence-corrected chi connectivity index (χ1v) is 12.1. The highest BCUT2D eigenvalue weighted by molar-refractivity contribution is 7.92. The maximum atomic E-state index is 13.1. The average molecular weight is 476 g/mol.